The van der Waals surface area contributed by atoms with Crippen molar-refractivity contribution < 1.29 is 9.72 Å². The molecule has 0 fully saturated rings. The second kappa shape index (κ2) is 5.57. The topological polar surface area (TPSA) is 86.0 Å². The molecule has 0 radical (unpaired) electrons. The van der Waals surface area contributed by atoms with Crippen molar-refractivity contribution >= 4 is 23.2 Å². The number of nitrogens with zero attached hydrogens (tertiary/aromatic N) is 3. The summed E-state index contributed by atoms with van der Waals surface area (Å²) < 4.78 is 0. The molecule has 6 nitrogen and oxygen atoms in total. The maximum absolute atomic E-state index is 11.6. The Bertz CT molecular complexity index is 631. The van der Waals surface area contributed by atoms with Crippen LogP contribution in [0.4, 0.5) is 5.69 Å². The van der Waals surface area contributed by atoms with Gasteiger partial charge >= 0.3 is 0 Å². The molecule has 0 saturated heterocycles. The fourth-order valence-electron chi connectivity index (χ4n) is 1.45. The molecule has 0 saturated carbocycles. The van der Waals surface area contributed by atoms with Gasteiger partial charge in [0.05, 0.1) is 4.92 Å². The highest BCUT2D eigenvalue weighted by Gasteiger charge is 2.15. The fourth-order valence-corrected chi connectivity index (χ4v) is 2.35. The highest BCUT2D eigenvalue weighted by molar-refractivity contribution is 7.99. The number of carbonyl (C=O) groups excluding carboxylic acids is 1. The van der Waals surface area contributed by atoms with E-state index in [2.05, 4.69) is 9.97 Å². The Morgan fingerprint density at radius 3 is 2.74 bits per heavy atom. The van der Waals surface area contributed by atoms with Crippen LogP contribution in [0.3, 0.4) is 0 Å². The zero-order valence-electron chi connectivity index (χ0n) is 9.94. The van der Waals surface area contributed by atoms with Crippen LogP contribution in [0.5, 0.6) is 0 Å². The van der Waals surface area contributed by atoms with Gasteiger partial charge in [0, 0.05) is 28.8 Å². The lowest BCUT2D eigenvalue weighted by molar-refractivity contribution is -0.384. The number of ketones is 1. The Kier molecular flexibility index (Phi) is 3.86. The van der Waals surface area contributed by atoms with Crippen molar-refractivity contribution in [1.29, 1.82) is 0 Å². The first-order valence-corrected chi connectivity index (χ1v) is 6.13. The number of rotatable bonds is 4. The van der Waals surface area contributed by atoms with Gasteiger partial charge in [-0.3, -0.25) is 14.9 Å². The molecule has 1 heterocycles. The average molecular weight is 275 g/mol. The van der Waals surface area contributed by atoms with E-state index in [1.165, 1.54) is 37.1 Å². The Labute approximate surface area is 113 Å². The third-order valence-electron chi connectivity index (χ3n) is 2.32. The number of benzene rings is 1. The summed E-state index contributed by atoms with van der Waals surface area (Å²) >= 11 is 1.27. The number of Topliss-reactive ketones (excluding diaryl/α,β-unsaturated/α-hetero) is 1. The van der Waals surface area contributed by atoms with Crippen LogP contribution in [-0.4, -0.2) is 20.7 Å². The van der Waals surface area contributed by atoms with Gasteiger partial charge in [0.25, 0.3) is 5.69 Å². The number of hydrogen-bond acceptors (Lipinski definition) is 6. The highest BCUT2D eigenvalue weighted by Crippen LogP contribution is 2.31. The van der Waals surface area contributed by atoms with Gasteiger partial charge in [0.15, 0.2) is 5.78 Å². The van der Waals surface area contributed by atoms with E-state index in [1.807, 2.05) is 0 Å². The van der Waals surface area contributed by atoms with Gasteiger partial charge in [-0.05, 0) is 19.1 Å². The molecule has 0 spiro atoms. The number of nitro benzene ring substituents is 1. The van der Waals surface area contributed by atoms with Crippen LogP contribution in [0.25, 0.3) is 0 Å². The van der Waals surface area contributed by atoms with Crippen molar-refractivity contribution in [2.75, 3.05) is 0 Å². The predicted octanol–water partition coefficient (Wildman–Crippen LogP) is 2.74. The van der Waals surface area contributed by atoms with E-state index >= 15 is 0 Å². The van der Waals surface area contributed by atoms with Crippen molar-refractivity contribution in [2.24, 2.45) is 0 Å². The summed E-state index contributed by atoms with van der Waals surface area (Å²) in [5.41, 5.74) is 0.218. The Hall–Kier alpha value is -2.28. The number of aromatic nitrogens is 2. The van der Waals surface area contributed by atoms with Crippen LogP contribution >= 0.6 is 11.8 Å². The van der Waals surface area contributed by atoms with Gasteiger partial charge in [-0.25, -0.2) is 9.97 Å². The maximum atomic E-state index is 11.6. The average Bonchev–Trinajstić information content (AvgIpc) is 2.39. The van der Waals surface area contributed by atoms with Gasteiger partial charge < -0.3 is 0 Å². The molecule has 0 aliphatic carbocycles. The first kappa shape index (κ1) is 13.2. The summed E-state index contributed by atoms with van der Waals surface area (Å²) in [6, 6.07) is 5.92. The number of carbonyl (C=O) groups is 1. The summed E-state index contributed by atoms with van der Waals surface area (Å²) in [4.78, 5) is 30.2. The van der Waals surface area contributed by atoms with E-state index in [-0.39, 0.29) is 11.5 Å². The summed E-state index contributed by atoms with van der Waals surface area (Å²) in [5, 5.41) is 11.4. The van der Waals surface area contributed by atoms with Crippen LogP contribution in [0.15, 0.2) is 46.7 Å². The lowest BCUT2D eigenvalue weighted by atomic mass is 10.1. The van der Waals surface area contributed by atoms with Crippen LogP contribution in [0.1, 0.15) is 17.3 Å². The van der Waals surface area contributed by atoms with Crippen LogP contribution in [-0.2, 0) is 0 Å². The molecular weight excluding hydrogens is 266 g/mol. The Morgan fingerprint density at radius 2 is 2.16 bits per heavy atom. The van der Waals surface area contributed by atoms with Crippen molar-refractivity contribution in [1.82, 2.24) is 9.97 Å². The maximum Gasteiger partial charge on any atom is 0.270 e. The van der Waals surface area contributed by atoms with E-state index in [1.54, 1.807) is 18.3 Å². The molecule has 0 bridgehead atoms. The second-order valence-electron chi connectivity index (χ2n) is 3.64. The fraction of sp³-hybridized carbons (Fsp3) is 0.0833. The Morgan fingerprint density at radius 1 is 1.37 bits per heavy atom. The molecule has 0 unspecified atom stereocenters. The van der Waals surface area contributed by atoms with E-state index in [9.17, 15) is 14.9 Å². The van der Waals surface area contributed by atoms with E-state index in [0.29, 0.717) is 15.5 Å². The molecule has 0 amide bonds. The molecule has 7 heteroatoms. The number of hydrogen-bond donors (Lipinski definition) is 0. The third kappa shape index (κ3) is 3.14. The lowest BCUT2D eigenvalue weighted by Gasteiger charge is -2.05. The van der Waals surface area contributed by atoms with Crippen molar-refractivity contribution in [3.05, 3.63) is 52.5 Å². The van der Waals surface area contributed by atoms with E-state index in [0.717, 1.165) is 0 Å². The SMILES string of the molecule is CC(=O)c1cc([N+](=O)[O-])ccc1Sc1ccncn1. The first-order chi connectivity index (χ1) is 9.08. The van der Waals surface area contributed by atoms with Gasteiger partial charge in [-0.15, -0.1) is 0 Å². The van der Waals surface area contributed by atoms with Gasteiger partial charge in [0.2, 0.25) is 0 Å². The molecule has 96 valence electrons. The zero-order chi connectivity index (χ0) is 13.8. The summed E-state index contributed by atoms with van der Waals surface area (Å²) in [6.07, 6.45) is 3.00. The molecule has 1 aromatic heterocycles. The lowest BCUT2D eigenvalue weighted by Crippen LogP contribution is -1.98. The van der Waals surface area contributed by atoms with E-state index < -0.39 is 4.92 Å². The normalized spacial score (nSPS) is 10.2. The zero-order valence-corrected chi connectivity index (χ0v) is 10.8. The largest absolute Gasteiger partial charge is 0.294 e. The van der Waals surface area contributed by atoms with Gasteiger partial charge in [-0.2, -0.15) is 0 Å². The molecule has 2 aromatic rings. The van der Waals surface area contributed by atoms with Gasteiger partial charge in [0.1, 0.15) is 11.4 Å². The summed E-state index contributed by atoms with van der Waals surface area (Å²) in [5.74, 6) is -0.222. The van der Waals surface area contributed by atoms with Gasteiger partial charge in [-0.1, -0.05) is 11.8 Å². The van der Waals surface area contributed by atoms with Crippen molar-refractivity contribution in [2.45, 2.75) is 16.8 Å². The summed E-state index contributed by atoms with van der Waals surface area (Å²) in [6.45, 7) is 1.38. The third-order valence-corrected chi connectivity index (χ3v) is 3.35. The minimum atomic E-state index is -0.522. The van der Waals surface area contributed by atoms with E-state index in [4.69, 9.17) is 0 Å². The standard InChI is InChI=1S/C12H9N3O3S/c1-8(16)10-6-9(15(17)18)2-3-11(10)19-12-4-5-13-7-14-12/h2-7H,1H3. The van der Waals surface area contributed by atoms with Crippen molar-refractivity contribution in [3.8, 4) is 0 Å². The Balaban J connectivity index is 2.40. The smallest absolute Gasteiger partial charge is 0.270 e. The quantitative estimate of drug-likeness (QED) is 0.369. The predicted molar refractivity (Wildman–Crippen MR) is 69.3 cm³/mol. The monoisotopic (exact) mass is 275 g/mol. The molecule has 19 heavy (non-hydrogen) atoms. The molecule has 0 aliphatic heterocycles. The summed E-state index contributed by atoms with van der Waals surface area (Å²) in [7, 11) is 0. The highest BCUT2D eigenvalue weighted by atomic mass is 32.2. The minimum Gasteiger partial charge on any atom is -0.294 e. The van der Waals surface area contributed by atoms with Crippen molar-refractivity contribution in [3.63, 3.8) is 0 Å². The molecule has 0 aliphatic rings. The first-order valence-electron chi connectivity index (χ1n) is 5.31. The molecular formula is C12H9N3O3S. The number of nitro groups is 1. The molecule has 0 atom stereocenters. The second-order valence-corrected chi connectivity index (χ2v) is 4.71. The van der Waals surface area contributed by atoms with Crippen LogP contribution < -0.4 is 0 Å². The van der Waals surface area contributed by atoms with Crippen LogP contribution in [0, 0.1) is 10.1 Å². The number of non-ortho nitro benzene ring substituents is 1. The molecule has 2 rings (SSSR count). The molecule has 1 aromatic carbocycles. The molecule has 0 N–H and O–H groups in total. The van der Waals surface area contributed by atoms with Crippen LogP contribution in [0.2, 0.25) is 0 Å². The minimum absolute atomic E-state index is 0.0998.